The maximum atomic E-state index is 7.07. The van der Waals surface area contributed by atoms with Crippen molar-refractivity contribution < 1.29 is 13.6 Å². The van der Waals surface area contributed by atoms with E-state index in [0.29, 0.717) is 6.61 Å². The molecule has 204 valence electrons. The second kappa shape index (κ2) is 13.1. The first-order chi connectivity index (χ1) is 16.9. The van der Waals surface area contributed by atoms with Gasteiger partial charge in [0.25, 0.3) is 0 Å². The molecule has 2 rings (SSSR count). The van der Waals surface area contributed by atoms with E-state index in [0.717, 1.165) is 31.4 Å². The number of hydrogen-bond donors (Lipinski definition) is 0. The summed E-state index contributed by atoms with van der Waals surface area (Å²) in [6, 6.07) is 13.7. The Balaban J connectivity index is 2.18. The summed E-state index contributed by atoms with van der Waals surface area (Å²) >= 11 is 0. The van der Waals surface area contributed by atoms with Crippen molar-refractivity contribution in [3.8, 4) is 5.75 Å². The fourth-order valence-corrected chi connectivity index (χ4v) is 9.50. The van der Waals surface area contributed by atoms with Gasteiger partial charge in [0.05, 0.1) is 12.2 Å². The molecule has 1 aliphatic carbocycles. The van der Waals surface area contributed by atoms with Gasteiger partial charge in [-0.05, 0) is 74.1 Å². The fourth-order valence-electron chi connectivity index (χ4n) is 5.17. The van der Waals surface area contributed by atoms with Crippen LogP contribution in [0.3, 0.4) is 0 Å². The van der Waals surface area contributed by atoms with Gasteiger partial charge in [0, 0.05) is 5.41 Å². The van der Waals surface area contributed by atoms with Gasteiger partial charge in [-0.15, -0.1) is 6.58 Å². The molecule has 1 aliphatic rings. The number of ether oxygens (including phenoxy) is 1. The van der Waals surface area contributed by atoms with Crippen LogP contribution in [0.15, 0.2) is 54.6 Å². The molecule has 0 aromatic heterocycles. The predicted molar refractivity (Wildman–Crippen MR) is 161 cm³/mol. The second-order valence-electron chi connectivity index (χ2n) is 12.4. The van der Waals surface area contributed by atoms with Crippen molar-refractivity contribution in [1.82, 2.24) is 0 Å². The quantitative estimate of drug-likeness (QED) is 0.167. The molecule has 0 saturated heterocycles. The third-order valence-corrected chi connectivity index (χ3v) is 18.3. The van der Waals surface area contributed by atoms with Crippen LogP contribution in [0.4, 0.5) is 0 Å². The molecular formula is C31H54O3Si2. The van der Waals surface area contributed by atoms with E-state index in [2.05, 4.69) is 80.3 Å². The maximum absolute atomic E-state index is 7.07. The van der Waals surface area contributed by atoms with Crippen LogP contribution in [-0.2, 0) is 8.85 Å². The van der Waals surface area contributed by atoms with E-state index < -0.39 is 16.6 Å². The zero-order valence-electron chi connectivity index (χ0n) is 24.8. The van der Waals surface area contributed by atoms with Crippen LogP contribution >= 0.6 is 0 Å². The van der Waals surface area contributed by atoms with Gasteiger partial charge >= 0.3 is 0 Å². The average Bonchev–Trinajstić information content (AvgIpc) is 3.13. The molecule has 0 spiro atoms. The van der Waals surface area contributed by atoms with Crippen LogP contribution in [0.1, 0.15) is 74.1 Å². The lowest BCUT2D eigenvalue weighted by atomic mass is 9.76. The van der Waals surface area contributed by atoms with Crippen LogP contribution in [0.2, 0.25) is 36.3 Å². The summed E-state index contributed by atoms with van der Waals surface area (Å²) in [5.74, 6) is 0.909. The fraction of sp³-hybridized carbons (Fsp3) is 0.677. The lowest BCUT2D eigenvalue weighted by molar-refractivity contribution is 0.0842. The number of para-hydroxylation sites is 1. The Morgan fingerprint density at radius 2 is 1.69 bits per heavy atom. The van der Waals surface area contributed by atoms with Crippen LogP contribution in [0, 0.1) is 5.41 Å². The van der Waals surface area contributed by atoms with E-state index in [-0.39, 0.29) is 22.7 Å². The molecular weight excluding hydrogens is 477 g/mol. The summed E-state index contributed by atoms with van der Waals surface area (Å²) in [5, 5.41) is 0.162. The first kappa shape index (κ1) is 31.1. The first-order valence-corrected chi connectivity index (χ1v) is 19.6. The highest BCUT2D eigenvalue weighted by Gasteiger charge is 2.45. The molecule has 0 bridgehead atoms. The zero-order valence-corrected chi connectivity index (χ0v) is 26.8. The highest BCUT2D eigenvalue weighted by molar-refractivity contribution is 6.74. The van der Waals surface area contributed by atoms with Crippen molar-refractivity contribution >= 4 is 16.6 Å². The minimum absolute atomic E-state index is 0.0152. The zero-order chi connectivity index (χ0) is 27.0. The van der Waals surface area contributed by atoms with Gasteiger partial charge in [0.1, 0.15) is 12.4 Å². The van der Waals surface area contributed by atoms with Crippen molar-refractivity contribution in [2.24, 2.45) is 5.41 Å². The SMILES string of the molecule is C=CC[C@]1(C)C(CCC(COc2ccccc2)O[Si](C)(C)C(C)(C)C)=CC[C@@H]1O[Si](CC)(CC)CC. The van der Waals surface area contributed by atoms with Crippen LogP contribution in [0.25, 0.3) is 0 Å². The van der Waals surface area contributed by atoms with Crippen molar-refractivity contribution in [1.29, 1.82) is 0 Å². The summed E-state index contributed by atoms with van der Waals surface area (Å²) in [4.78, 5) is 0. The second-order valence-corrected chi connectivity index (χ2v) is 21.9. The van der Waals surface area contributed by atoms with Gasteiger partial charge in [-0.2, -0.15) is 0 Å². The van der Waals surface area contributed by atoms with Gasteiger partial charge in [-0.25, -0.2) is 0 Å². The predicted octanol–water partition coefficient (Wildman–Crippen LogP) is 9.54. The molecule has 1 aromatic rings. The molecule has 0 fully saturated rings. The van der Waals surface area contributed by atoms with E-state index in [1.54, 1.807) is 0 Å². The third-order valence-electron chi connectivity index (χ3n) is 9.10. The van der Waals surface area contributed by atoms with Gasteiger partial charge in [-0.3, -0.25) is 0 Å². The number of allylic oxidation sites excluding steroid dienone is 1. The maximum Gasteiger partial charge on any atom is 0.192 e. The first-order valence-electron chi connectivity index (χ1n) is 14.2. The topological polar surface area (TPSA) is 27.7 Å². The Hall–Kier alpha value is -1.15. The van der Waals surface area contributed by atoms with E-state index >= 15 is 0 Å². The smallest absolute Gasteiger partial charge is 0.192 e. The van der Waals surface area contributed by atoms with Gasteiger partial charge < -0.3 is 13.6 Å². The highest BCUT2D eigenvalue weighted by Crippen LogP contribution is 2.48. The standard InChI is InChI=1S/C31H54O3Si2/c1-11-24-31(8)26(21-23-29(31)34-36(12-2,13-3)14-4)20-22-28(33-35(9,10)30(5,6)7)25-32-27-18-16-15-17-19-27/h11,15-19,21,28-29H,1,12-14,20,22-25H2,2-10H3/t28?,29-,31+/m0/s1. The number of benzene rings is 1. The Kier molecular flexibility index (Phi) is 11.3. The number of hydrogen-bond acceptors (Lipinski definition) is 3. The van der Waals surface area contributed by atoms with Gasteiger partial charge in [-0.1, -0.05) is 84.4 Å². The van der Waals surface area contributed by atoms with Gasteiger partial charge in [0.2, 0.25) is 0 Å². The lowest BCUT2D eigenvalue weighted by Gasteiger charge is -2.41. The Morgan fingerprint density at radius 3 is 2.22 bits per heavy atom. The summed E-state index contributed by atoms with van der Waals surface area (Å²) < 4.78 is 20.2. The summed E-state index contributed by atoms with van der Waals surface area (Å²) in [6.45, 7) is 25.7. The molecule has 1 unspecified atom stereocenters. The molecule has 0 heterocycles. The number of rotatable bonds is 15. The van der Waals surface area contributed by atoms with Gasteiger partial charge in [0.15, 0.2) is 16.6 Å². The van der Waals surface area contributed by atoms with Crippen LogP contribution in [0.5, 0.6) is 5.75 Å². The molecule has 0 amide bonds. The molecule has 3 nitrogen and oxygen atoms in total. The Bertz CT molecular complexity index is 831. The van der Waals surface area contributed by atoms with E-state index in [1.165, 1.54) is 23.7 Å². The van der Waals surface area contributed by atoms with E-state index in [9.17, 15) is 0 Å². The minimum atomic E-state index is -1.93. The Morgan fingerprint density at radius 1 is 1.08 bits per heavy atom. The molecule has 0 N–H and O–H groups in total. The van der Waals surface area contributed by atoms with E-state index in [4.69, 9.17) is 13.6 Å². The van der Waals surface area contributed by atoms with Crippen LogP contribution < -0.4 is 4.74 Å². The molecule has 5 heteroatoms. The monoisotopic (exact) mass is 530 g/mol. The average molecular weight is 531 g/mol. The molecule has 36 heavy (non-hydrogen) atoms. The third kappa shape index (κ3) is 7.69. The van der Waals surface area contributed by atoms with Crippen molar-refractivity contribution in [2.45, 2.75) is 123 Å². The van der Waals surface area contributed by atoms with Crippen molar-refractivity contribution in [3.05, 3.63) is 54.6 Å². The summed E-state index contributed by atoms with van der Waals surface area (Å²) in [6.07, 6.45) is 8.83. The molecule has 3 atom stereocenters. The molecule has 0 aliphatic heterocycles. The van der Waals surface area contributed by atoms with Crippen molar-refractivity contribution in [3.63, 3.8) is 0 Å². The van der Waals surface area contributed by atoms with Crippen molar-refractivity contribution in [2.75, 3.05) is 6.61 Å². The Labute approximate surface area is 225 Å². The van der Waals surface area contributed by atoms with E-state index in [1.807, 2.05) is 30.3 Å². The molecule has 0 saturated carbocycles. The summed E-state index contributed by atoms with van der Waals surface area (Å²) in [7, 11) is -3.61. The lowest BCUT2D eigenvalue weighted by Crippen LogP contribution is -2.46. The molecule has 0 radical (unpaired) electrons. The normalized spacial score (nSPS) is 21.8. The highest BCUT2D eigenvalue weighted by atomic mass is 28.4. The minimum Gasteiger partial charge on any atom is -0.491 e. The molecule has 1 aromatic carbocycles. The largest absolute Gasteiger partial charge is 0.491 e. The summed E-state index contributed by atoms with van der Waals surface area (Å²) in [5.41, 5.74) is 1.53. The van der Waals surface area contributed by atoms with Crippen LogP contribution in [-0.4, -0.2) is 35.4 Å².